The number of benzene rings is 3. The minimum Gasteiger partial charge on any atom is -0.394 e. The molecule has 1 heterocycles. The fraction of sp³-hybridized carbons (Fsp3) is 0.276. The molecule has 0 bridgehead atoms. The van der Waals surface area contributed by atoms with E-state index in [0.29, 0.717) is 24.9 Å². The first-order valence-corrected chi connectivity index (χ1v) is 11.9. The lowest BCUT2D eigenvalue weighted by Gasteiger charge is -2.21. The molecule has 186 valence electrons. The first-order valence-electron chi connectivity index (χ1n) is 11.9. The molecule has 1 atom stereocenters. The van der Waals surface area contributed by atoms with Crippen molar-refractivity contribution in [3.05, 3.63) is 83.4 Å². The van der Waals surface area contributed by atoms with E-state index in [2.05, 4.69) is 35.3 Å². The van der Waals surface area contributed by atoms with Crippen LogP contribution in [0.5, 0.6) is 0 Å². The van der Waals surface area contributed by atoms with Crippen molar-refractivity contribution in [3.63, 3.8) is 0 Å². The zero-order valence-electron chi connectivity index (χ0n) is 20.8. The second-order valence-electron chi connectivity index (χ2n) is 8.86. The molecule has 1 unspecified atom stereocenters. The minimum atomic E-state index is -0.492. The number of aldehydes is 1. The molecule has 0 saturated heterocycles. The van der Waals surface area contributed by atoms with Crippen LogP contribution in [0.15, 0.2) is 71.3 Å². The van der Waals surface area contributed by atoms with E-state index in [9.17, 15) is 9.90 Å². The molecule has 0 radical (unpaired) electrons. The van der Waals surface area contributed by atoms with Crippen LogP contribution in [0.1, 0.15) is 16.7 Å². The Morgan fingerprint density at radius 3 is 2.64 bits per heavy atom. The van der Waals surface area contributed by atoms with Gasteiger partial charge in [-0.3, -0.25) is 4.90 Å². The molecule has 0 aliphatic rings. The average molecular weight is 486 g/mol. The highest BCUT2D eigenvalue weighted by Gasteiger charge is 2.16. The van der Waals surface area contributed by atoms with Crippen LogP contribution in [0.25, 0.3) is 34.0 Å². The summed E-state index contributed by atoms with van der Waals surface area (Å²) in [6.07, 6.45) is 1.49. The molecule has 7 nitrogen and oxygen atoms in total. The molecule has 36 heavy (non-hydrogen) atoms. The van der Waals surface area contributed by atoms with Crippen molar-refractivity contribution in [1.82, 2.24) is 15.0 Å². The molecule has 7 heteroatoms. The normalized spacial score (nSPS) is 12.1. The van der Waals surface area contributed by atoms with Crippen LogP contribution in [0.2, 0.25) is 0 Å². The van der Waals surface area contributed by atoms with Gasteiger partial charge < -0.3 is 19.2 Å². The number of likely N-dealkylation sites (N-methyl/N-ethyl adjacent to an activating group) is 1. The fourth-order valence-electron chi connectivity index (χ4n) is 4.22. The van der Waals surface area contributed by atoms with Crippen molar-refractivity contribution in [3.8, 4) is 34.0 Å². The van der Waals surface area contributed by atoms with Crippen LogP contribution in [0.4, 0.5) is 0 Å². The first-order chi connectivity index (χ1) is 17.5. The van der Waals surface area contributed by atoms with Gasteiger partial charge in [0.15, 0.2) is 0 Å². The van der Waals surface area contributed by atoms with Crippen molar-refractivity contribution in [1.29, 1.82) is 0 Å². The number of hydrogen-bond donors (Lipinski definition) is 1. The molecule has 1 N–H and O–H groups in total. The summed E-state index contributed by atoms with van der Waals surface area (Å²) in [6, 6.07) is 21.9. The van der Waals surface area contributed by atoms with Crippen LogP contribution < -0.4 is 0 Å². The monoisotopic (exact) mass is 485 g/mol. The second-order valence-corrected chi connectivity index (χ2v) is 8.86. The van der Waals surface area contributed by atoms with E-state index in [1.807, 2.05) is 60.5 Å². The van der Waals surface area contributed by atoms with E-state index in [1.165, 1.54) is 11.1 Å². The number of nitrogens with zero attached hydrogens (tertiary/aromatic N) is 3. The van der Waals surface area contributed by atoms with E-state index >= 15 is 0 Å². The summed E-state index contributed by atoms with van der Waals surface area (Å²) < 4.78 is 11.1. The molecule has 0 spiro atoms. The van der Waals surface area contributed by atoms with E-state index in [4.69, 9.17) is 9.26 Å². The number of ether oxygens (including phenoxy) is 1. The van der Waals surface area contributed by atoms with E-state index in [-0.39, 0.29) is 6.61 Å². The number of aliphatic hydroxyl groups excluding tert-OH is 1. The van der Waals surface area contributed by atoms with Gasteiger partial charge in [-0.25, -0.2) is 0 Å². The Morgan fingerprint density at radius 2 is 1.89 bits per heavy atom. The molecule has 0 saturated carbocycles. The van der Waals surface area contributed by atoms with E-state index in [0.717, 1.165) is 40.5 Å². The Hall–Kier alpha value is -3.65. The van der Waals surface area contributed by atoms with Gasteiger partial charge in [0, 0.05) is 24.8 Å². The lowest BCUT2D eigenvalue weighted by Crippen LogP contribution is -2.37. The van der Waals surface area contributed by atoms with Crippen molar-refractivity contribution in [2.24, 2.45) is 0 Å². The third-order valence-corrected chi connectivity index (χ3v) is 6.36. The maximum absolute atomic E-state index is 11.1. The predicted molar refractivity (Wildman–Crippen MR) is 139 cm³/mol. The number of aryl methyl sites for hydroxylation is 1. The van der Waals surface area contributed by atoms with Gasteiger partial charge in [0.25, 0.3) is 5.89 Å². The van der Waals surface area contributed by atoms with Gasteiger partial charge in [0.2, 0.25) is 5.82 Å². The fourth-order valence-corrected chi connectivity index (χ4v) is 4.22. The molecular formula is C29H31N3O4. The Balaban J connectivity index is 1.56. The topological polar surface area (TPSA) is 88.7 Å². The maximum Gasteiger partial charge on any atom is 0.258 e. The minimum absolute atomic E-state index is 0.191. The van der Waals surface area contributed by atoms with Gasteiger partial charge in [-0.05, 0) is 66.4 Å². The van der Waals surface area contributed by atoms with E-state index < -0.39 is 6.04 Å². The lowest BCUT2D eigenvalue weighted by molar-refractivity contribution is -0.113. The van der Waals surface area contributed by atoms with Gasteiger partial charge in [-0.2, -0.15) is 4.98 Å². The van der Waals surface area contributed by atoms with Crippen LogP contribution in [0.3, 0.4) is 0 Å². The van der Waals surface area contributed by atoms with Crippen molar-refractivity contribution in [2.75, 3.05) is 27.3 Å². The number of carbonyl (C=O) groups is 1. The summed E-state index contributed by atoms with van der Waals surface area (Å²) in [4.78, 5) is 17.6. The molecule has 0 aliphatic heterocycles. The lowest BCUT2D eigenvalue weighted by atomic mass is 9.94. The molecule has 0 amide bonds. The van der Waals surface area contributed by atoms with Gasteiger partial charge in [-0.1, -0.05) is 53.7 Å². The Kier molecular flexibility index (Phi) is 8.38. The largest absolute Gasteiger partial charge is 0.394 e. The zero-order valence-corrected chi connectivity index (χ0v) is 20.8. The third kappa shape index (κ3) is 5.76. The molecule has 0 fully saturated rings. The van der Waals surface area contributed by atoms with Crippen molar-refractivity contribution >= 4 is 6.29 Å². The second kappa shape index (κ2) is 11.9. The highest BCUT2D eigenvalue weighted by atomic mass is 16.5. The molecule has 4 aromatic rings. The average Bonchev–Trinajstić information content (AvgIpc) is 3.40. The smallest absolute Gasteiger partial charge is 0.258 e. The molecule has 0 aliphatic carbocycles. The van der Waals surface area contributed by atoms with E-state index in [1.54, 1.807) is 7.11 Å². The van der Waals surface area contributed by atoms with Crippen LogP contribution in [0, 0.1) is 6.92 Å². The zero-order chi connectivity index (χ0) is 25.5. The Morgan fingerprint density at radius 1 is 1.06 bits per heavy atom. The number of aliphatic hydroxyl groups is 1. The Labute approximate surface area is 211 Å². The summed E-state index contributed by atoms with van der Waals surface area (Å²) in [5.74, 6) is 0.957. The Bertz CT molecular complexity index is 1320. The molecular weight excluding hydrogens is 454 g/mol. The number of hydrogen-bond acceptors (Lipinski definition) is 7. The van der Waals surface area contributed by atoms with Crippen LogP contribution in [-0.2, 0) is 22.6 Å². The first kappa shape index (κ1) is 25.4. The summed E-state index contributed by atoms with van der Waals surface area (Å²) >= 11 is 0. The van der Waals surface area contributed by atoms with Gasteiger partial charge in [-0.15, -0.1) is 0 Å². The molecule has 1 aromatic heterocycles. The van der Waals surface area contributed by atoms with Gasteiger partial charge in [0.05, 0.1) is 19.3 Å². The summed E-state index contributed by atoms with van der Waals surface area (Å²) in [6.45, 7) is 3.02. The summed E-state index contributed by atoms with van der Waals surface area (Å²) in [7, 11) is 3.51. The number of rotatable bonds is 11. The quantitative estimate of drug-likeness (QED) is 0.312. The summed E-state index contributed by atoms with van der Waals surface area (Å²) in [5, 5.41) is 13.5. The van der Waals surface area contributed by atoms with Gasteiger partial charge in [0.1, 0.15) is 6.29 Å². The standard InChI is InChI=1S/C29H31N3O4/c1-20-7-4-5-10-26(20)27-12-11-23(16-24(27)19-35-3)29-30-28(31-36-29)22-9-6-8-21(15-22)13-14-32(2)25(17-33)18-34/h4-12,15-17,25,34H,13-14,18-19H2,1-3H3. The highest BCUT2D eigenvalue weighted by molar-refractivity contribution is 5.74. The van der Waals surface area contributed by atoms with Gasteiger partial charge >= 0.3 is 0 Å². The highest BCUT2D eigenvalue weighted by Crippen LogP contribution is 2.31. The van der Waals surface area contributed by atoms with Crippen molar-refractivity contribution in [2.45, 2.75) is 26.0 Å². The van der Waals surface area contributed by atoms with Crippen LogP contribution in [-0.4, -0.2) is 59.8 Å². The summed E-state index contributed by atoms with van der Waals surface area (Å²) in [5.41, 5.74) is 7.31. The van der Waals surface area contributed by atoms with Crippen molar-refractivity contribution < 1.29 is 19.2 Å². The SMILES string of the molecule is COCc1cc(-c2nc(-c3cccc(CCN(C)C(C=O)CO)c3)no2)ccc1-c1ccccc1C. The predicted octanol–water partition coefficient (Wildman–Crippen LogP) is 4.56. The maximum atomic E-state index is 11.1. The molecule has 4 rings (SSSR count). The molecule has 3 aromatic carbocycles. The number of methoxy groups -OCH3 is 1. The number of aromatic nitrogens is 2. The number of carbonyl (C=O) groups excluding carboxylic acids is 1. The third-order valence-electron chi connectivity index (χ3n) is 6.36. The van der Waals surface area contributed by atoms with Crippen LogP contribution >= 0.6 is 0 Å².